The van der Waals surface area contributed by atoms with Gasteiger partial charge in [-0.3, -0.25) is 4.90 Å². The Bertz CT molecular complexity index is 619. The van der Waals surface area contributed by atoms with Gasteiger partial charge < -0.3 is 24.6 Å². The summed E-state index contributed by atoms with van der Waals surface area (Å²) in [4.78, 5) is 4.69. The molecule has 28 heavy (non-hydrogen) atoms. The molecule has 3 aliphatic rings. The monoisotopic (exact) mass is 390 g/mol. The highest BCUT2D eigenvalue weighted by Gasteiger charge is 2.40. The molecular weight excluding hydrogens is 356 g/mol. The summed E-state index contributed by atoms with van der Waals surface area (Å²) in [5.74, 6) is 0.821. The van der Waals surface area contributed by atoms with Gasteiger partial charge in [-0.1, -0.05) is 12.1 Å². The van der Waals surface area contributed by atoms with E-state index in [1.54, 1.807) is 0 Å². The van der Waals surface area contributed by atoms with Crippen molar-refractivity contribution in [2.24, 2.45) is 0 Å². The fourth-order valence-corrected chi connectivity index (χ4v) is 4.54. The highest BCUT2D eigenvalue weighted by molar-refractivity contribution is 5.28. The van der Waals surface area contributed by atoms with Crippen molar-refractivity contribution in [2.75, 3.05) is 45.9 Å². The van der Waals surface area contributed by atoms with Crippen molar-refractivity contribution in [3.8, 4) is 5.75 Å². The van der Waals surface area contributed by atoms with Crippen LogP contribution in [0.4, 0.5) is 0 Å². The molecule has 156 valence electrons. The first-order valence-electron chi connectivity index (χ1n) is 10.8. The van der Waals surface area contributed by atoms with Gasteiger partial charge in [0.25, 0.3) is 0 Å². The van der Waals surface area contributed by atoms with Gasteiger partial charge in [0, 0.05) is 39.3 Å². The zero-order valence-electron chi connectivity index (χ0n) is 16.8. The number of rotatable bonds is 7. The Morgan fingerprint density at radius 3 is 2.54 bits per heavy atom. The van der Waals surface area contributed by atoms with E-state index in [0.717, 1.165) is 70.8 Å². The highest BCUT2D eigenvalue weighted by Crippen LogP contribution is 2.37. The van der Waals surface area contributed by atoms with Crippen LogP contribution in [0.1, 0.15) is 37.7 Å². The first-order valence-corrected chi connectivity index (χ1v) is 10.8. The summed E-state index contributed by atoms with van der Waals surface area (Å²) in [5, 5.41) is 19.9. The molecular formula is C22H34N2O4. The summed E-state index contributed by atoms with van der Waals surface area (Å²) < 4.78 is 11.7. The lowest BCUT2D eigenvalue weighted by Gasteiger charge is -2.47. The van der Waals surface area contributed by atoms with Crippen molar-refractivity contribution >= 4 is 0 Å². The van der Waals surface area contributed by atoms with Crippen molar-refractivity contribution in [2.45, 2.75) is 56.5 Å². The third-order valence-electron chi connectivity index (χ3n) is 6.51. The van der Waals surface area contributed by atoms with E-state index in [0.29, 0.717) is 13.2 Å². The number of nitrogens with zero attached hydrogens (tertiary/aromatic N) is 2. The number of aliphatic hydroxyl groups is 2. The number of likely N-dealkylation sites (tertiary alicyclic amines) is 2. The van der Waals surface area contributed by atoms with Crippen molar-refractivity contribution < 1.29 is 19.7 Å². The van der Waals surface area contributed by atoms with Crippen LogP contribution in [0.15, 0.2) is 24.3 Å². The van der Waals surface area contributed by atoms with Crippen molar-refractivity contribution in [3.63, 3.8) is 0 Å². The minimum atomic E-state index is -0.514. The normalized spacial score (nSPS) is 24.8. The summed E-state index contributed by atoms with van der Waals surface area (Å²) in [7, 11) is 0. The SMILES string of the molecule is OC1CCN(C[C@@H](O)COc2cccc(CN3CCC4(CCO4)CC3)c2)CC1. The van der Waals surface area contributed by atoms with E-state index in [1.807, 2.05) is 12.1 Å². The Labute approximate surface area is 168 Å². The van der Waals surface area contributed by atoms with Gasteiger partial charge in [-0.05, 0) is 49.8 Å². The Hall–Kier alpha value is -1.18. The van der Waals surface area contributed by atoms with E-state index < -0.39 is 6.10 Å². The first kappa shape index (κ1) is 20.1. The smallest absolute Gasteiger partial charge is 0.119 e. The summed E-state index contributed by atoms with van der Waals surface area (Å²) in [6.45, 7) is 6.64. The molecule has 3 saturated heterocycles. The molecule has 6 heteroatoms. The van der Waals surface area contributed by atoms with E-state index in [9.17, 15) is 10.2 Å². The molecule has 3 fully saturated rings. The zero-order valence-corrected chi connectivity index (χ0v) is 16.8. The number of aliphatic hydroxyl groups excluding tert-OH is 2. The molecule has 3 aliphatic heterocycles. The molecule has 6 nitrogen and oxygen atoms in total. The molecule has 4 rings (SSSR count). The molecule has 0 bridgehead atoms. The molecule has 0 amide bonds. The maximum absolute atomic E-state index is 10.3. The molecule has 3 heterocycles. The lowest BCUT2D eigenvalue weighted by Crippen LogP contribution is -2.52. The summed E-state index contributed by atoms with van der Waals surface area (Å²) in [6.07, 6.45) is 4.40. The minimum Gasteiger partial charge on any atom is -0.491 e. The Morgan fingerprint density at radius 1 is 1.11 bits per heavy atom. The van der Waals surface area contributed by atoms with Crippen LogP contribution in [0.25, 0.3) is 0 Å². The predicted molar refractivity (Wildman–Crippen MR) is 107 cm³/mol. The van der Waals surface area contributed by atoms with Crippen LogP contribution in [0.2, 0.25) is 0 Å². The number of hydrogen-bond acceptors (Lipinski definition) is 6. The van der Waals surface area contributed by atoms with Crippen molar-refractivity contribution in [1.82, 2.24) is 9.80 Å². The zero-order chi connectivity index (χ0) is 19.4. The van der Waals surface area contributed by atoms with Gasteiger partial charge in [0.2, 0.25) is 0 Å². The second kappa shape index (κ2) is 9.09. The van der Waals surface area contributed by atoms with E-state index in [-0.39, 0.29) is 11.7 Å². The molecule has 1 aromatic carbocycles. The fourth-order valence-electron chi connectivity index (χ4n) is 4.54. The Kier molecular flexibility index (Phi) is 6.53. The Balaban J connectivity index is 1.20. The lowest BCUT2D eigenvalue weighted by molar-refractivity contribution is -0.173. The van der Waals surface area contributed by atoms with Gasteiger partial charge >= 0.3 is 0 Å². The largest absolute Gasteiger partial charge is 0.491 e. The van der Waals surface area contributed by atoms with Gasteiger partial charge in [0.15, 0.2) is 0 Å². The average Bonchev–Trinajstić information content (AvgIpc) is 2.68. The van der Waals surface area contributed by atoms with E-state index in [2.05, 4.69) is 21.9 Å². The van der Waals surface area contributed by atoms with Crippen molar-refractivity contribution in [1.29, 1.82) is 0 Å². The number of hydrogen-bond donors (Lipinski definition) is 2. The van der Waals surface area contributed by atoms with Crippen LogP contribution >= 0.6 is 0 Å². The van der Waals surface area contributed by atoms with Crippen molar-refractivity contribution in [3.05, 3.63) is 29.8 Å². The maximum atomic E-state index is 10.3. The molecule has 0 radical (unpaired) electrons. The fraction of sp³-hybridized carbons (Fsp3) is 0.727. The maximum Gasteiger partial charge on any atom is 0.119 e. The van der Waals surface area contributed by atoms with Gasteiger partial charge in [0.05, 0.1) is 18.3 Å². The molecule has 1 aromatic rings. The van der Waals surface area contributed by atoms with Crippen LogP contribution in [0.5, 0.6) is 5.75 Å². The van der Waals surface area contributed by atoms with Gasteiger partial charge in [0.1, 0.15) is 18.5 Å². The highest BCUT2D eigenvalue weighted by atomic mass is 16.5. The third-order valence-corrected chi connectivity index (χ3v) is 6.51. The minimum absolute atomic E-state index is 0.181. The Morgan fingerprint density at radius 2 is 1.86 bits per heavy atom. The number of piperidine rings is 2. The van der Waals surface area contributed by atoms with Crippen LogP contribution in [0.3, 0.4) is 0 Å². The van der Waals surface area contributed by atoms with E-state index in [1.165, 1.54) is 12.0 Å². The lowest BCUT2D eigenvalue weighted by atomic mass is 9.84. The number of ether oxygens (including phenoxy) is 2. The van der Waals surface area contributed by atoms with Crippen LogP contribution in [0, 0.1) is 0 Å². The third kappa shape index (κ3) is 5.24. The topological polar surface area (TPSA) is 65.4 Å². The molecule has 1 atom stereocenters. The van der Waals surface area contributed by atoms with E-state index in [4.69, 9.17) is 9.47 Å². The molecule has 0 unspecified atom stereocenters. The van der Waals surface area contributed by atoms with Gasteiger partial charge in [-0.15, -0.1) is 0 Å². The molecule has 2 N–H and O–H groups in total. The average molecular weight is 391 g/mol. The summed E-state index contributed by atoms with van der Waals surface area (Å²) in [6, 6.07) is 8.23. The van der Waals surface area contributed by atoms with E-state index >= 15 is 0 Å². The van der Waals surface area contributed by atoms with Crippen LogP contribution < -0.4 is 4.74 Å². The van der Waals surface area contributed by atoms with Crippen LogP contribution in [-0.4, -0.2) is 83.8 Å². The predicted octanol–water partition coefficient (Wildman–Crippen LogP) is 1.64. The number of benzene rings is 1. The van der Waals surface area contributed by atoms with Crippen LogP contribution in [-0.2, 0) is 11.3 Å². The second-order valence-corrected chi connectivity index (χ2v) is 8.70. The van der Waals surface area contributed by atoms with Gasteiger partial charge in [-0.25, -0.2) is 0 Å². The molecule has 0 aromatic heterocycles. The first-order chi connectivity index (χ1) is 13.6. The standard InChI is InChI=1S/C22H34N2O4/c25-19-4-9-23(10-5-19)16-20(26)17-27-21-3-1-2-18(14-21)15-24-11-6-22(7-12-24)8-13-28-22/h1-3,14,19-20,25-26H,4-13,15-17H2/t20-/m1/s1. The second-order valence-electron chi connectivity index (χ2n) is 8.70. The molecule has 0 aliphatic carbocycles. The molecule has 0 saturated carbocycles. The summed E-state index contributed by atoms with van der Waals surface area (Å²) in [5.41, 5.74) is 1.45. The van der Waals surface area contributed by atoms with Gasteiger partial charge in [-0.2, -0.15) is 0 Å². The number of β-amino-alcohol motifs (C(OH)–C–C–N with tert-alkyl or cyclic N) is 1. The summed E-state index contributed by atoms with van der Waals surface area (Å²) >= 11 is 0. The molecule has 1 spiro atoms. The quantitative estimate of drug-likeness (QED) is 0.738.